The Balaban J connectivity index is 1.72. The molecule has 1 aromatic heterocycles. The molecule has 21 heavy (non-hydrogen) atoms. The molecule has 2 aromatic rings. The van der Waals surface area contributed by atoms with E-state index in [9.17, 15) is 4.79 Å². The molecule has 1 amide bonds. The highest BCUT2D eigenvalue weighted by Gasteiger charge is 2.22. The lowest BCUT2D eigenvalue weighted by atomic mass is 10.0. The number of carbonyl (C=O) groups excluding carboxylic acids is 1. The molecule has 2 heterocycles. The van der Waals surface area contributed by atoms with Crippen molar-refractivity contribution in [2.24, 2.45) is 0 Å². The van der Waals surface area contributed by atoms with Crippen molar-refractivity contribution < 1.29 is 4.79 Å². The normalized spacial score (nSPS) is 15.9. The second-order valence-electron chi connectivity index (χ2n) is 5.41. The van der Waals surface area contributed by atoms with Crippen LogP contribution in [0.3, 0.4) is 0 Å². The molecule has 5 heteroatoms. The van der Waals surface area contributed by atoms with Crippen LogP contribution >= 0.6 is 0 Å². The summed E-state index contributed by atoms with van der Waals surface area (Å²) in [4.78, 5) is 18.4. The quantitative estimate of drug-likeness (QED) is 0.933. The Labute approximate surface area is 124 Å². The van der Waals surface area contributed by atoms with Gasteiger partial charge in [-0.15, -0.1) is 0 Å². The molecule has 1 aromatic carbocycles. The van der Waals surface area contributed by atoms with Crippen LogP contribution in [0.5, 0.6) is 0 Å². The molecule has 3 rings (SSSR count). The first-order valence-electron chi connectivity index (χ1n) is 7.32. The Kier molecular flexibility index (Phi) is 4.01. The first-order valence-corrected chi connectivity index (χ1v) is 7.32. The van der Waals surface area contributed by atoms with Gasteiger partial charge in [0.1, 0.15) is 0 Å². The van der Waals surface area contributed by atoms with Crippen molar-refractivity contribution in [3.05, 3.63) is 48.5 Å². The minimum Gasteiger partial charge on any atom is -0.339 e. The molecule has 1 N–H and O–H groups in total. The van der Waals surface area contributed by atoms with E-state index in [1.54, 1.807) is 12.5 Å². The van der Waals surface area contributed by atoms with Gasteiger partial charge in [-0.1, -0.05) is 0 Å². The van der Waals surface area contributed by atoms with Gasteiger partial charge in [-0.3, -0.25) is 4.79 Å². The number of hydrogen-bond donors (Lipinski definition) is 1. The van der Waals surface area contributed by atoms with Crippen LogP contribution in [0.4, 0.5) is 0 Å². The van der Waals surface area contributed by atoms with Gasteiger partial charge in [-0.2, -0.15) is 0 Å². The minimum absolute atomic E-state index is 0.0964. The third kappa shape index (κ3) is 2.97. The topological polar surface area (TPSA) is 50.2 Å². The largest absolute Gasteiger partial charge is 0.339 e. The molecule has 0 radical (unpaired) electrons. The van der Waals surface area contributed by atoms with Crippen molar-refractivity contribution in [2.75, 3.05) is 20.1 Å². The molecule has 0 bridgehead atoms. The average molecular weight is 284 g/mol. The molecule has 110 valence electrons. The zero-order valence-corrected chi connectivity index (χ0v) is 12.2. The standard InChI is InChI=1S/C16H20N4O/c1-19(14-6-8-17-9-7-14)16(21)13-2-4-15(5-3-13)20-11-10-18-12-20/h2-5,10-12,14,17H,6-9H2,1H3. The van der Waals surface area contributed by atoms with Crippen molar-refractivity contribution in [2.45, 2.75) is 18.9 Å². The van der Waals surface area contributed by atoms with E-state index in [0.29, 0.717) is 6.04 Å². The zero-order valence-electron chi connectivity index (χ0n) is 12.2. The number of nitrogens with zero attached hydrogens (tertiary/aromatic N) is 3. The third-order valence-electron chi connectivity index (χ3n) is 4.09. The fourth-order valence-corrected chi connectivity index (χ4v) is 2.75. The van der Waals surface area contributed by atoms with Gasteiger partial charge in [0.2, 0.25) is 0 Å². The van der Waals surface area contributed by atoms with E-state index in [1.165, 1.54) is 0 Å². The Hall–Kier alpha value is -2.14. The lowest BCUT2D eigenvalue weighted by Gasteiger charge is -2.31. The molecule has 1 aliphatic rings. The monoisotopic (exact) mass is 284 g/mol. The van der Waals surface area contributed by atoms with Crippen molar-refractivity contribution in [3.63, 3.8) is 0 Å². The highest BCUT2D eigenvalue weighted by molar-refractivity contribution is 5.94. The summed E-state index contributed by atoms with van der Waals surface area (Å²) >= 11 is 0. The molecular formula is C16H20N4O. The molecule has 1 saturated heterocycles. The Morgan fingerprint density at radius 1 is 1.29 bits per heavy atom. The highest BCUT2D eigenvalue weighted by Crippen LogP contribution is 2.15. The number of carbonyl (C=O) groups is 1. The van der Waals surface area contributed by atoms with Crippen LogP contribution < -0.4 is 5.32 Å². The van der Waals surface area contributed by atoms with Crippen molar-refractivity contribution in [1.29, 1.82) is 0 Å². The lowest BCUT2D eigenvalue weighted by molar-refractivity contribution is 0.0703. The maximum Gasteiger partial charge on any atom is 0.253 e. The predicted octanol–water partition coefficient (Wildman–Crippen LogP) is 1.70. The Morgan fingerprint density at radius 3 is 2.62 bits per heavy atom. The molecule has 0 atom stereocenters. The van der Waals surface area contributed by atoms with E-state index in [1.807, 2.05) is 47.0 Å². The van der Waals surface area contributed by atoms with Gasteiger partial charge in [0.05, 0.1) is 6.33 Å². The summed E-state index contributed by atoms with van der Waals surface area (Å²) in [5.74, 6) is 0.0964. The lowest BCUT2D eigenvalue weighted by Crippen LogP contribution is -2.43. The van der Waals surface area contributed by atoms with E-state index in [-0.39, 0.29) is 5.91 Å². The van der Waals surface area contributed by atoms with Crippen LogP contribution in [0.2, 0.25) is 0 Å². The summed E-state index contributed by atoms with van der Waals surface area (Å²) in [5, 5.41) is 3.32. The maximum atomic E-state index is 12.5. The van der Waals surface area contributed by atoms with Crippen LogP contribution in [-0.4, -0.2) is 46.5 Å². The van der Waals surface area contributed by atoms with E-state index < -0.39 is 0 Å². The minimum atomic E-state index is 0.0964. The number of rotatable bonds is 3. The molecule has 0 aliphatic carbocycles. The van der Waals surface area contributed by atoms with E-state index >= 15 is 0 Å². The van der Waals surface area contributed by atoms with Gasteiger partial charge in [0, 0.05) is 36.7 Å². The fourth-order valence-electron chi connectivity index (χ4n) is 2.75. The molecule has 0 saturated carbocycles. The van der Waals surface area contributed by atoms with Crippen LogP contribution in [0, 0.1) is 0 Å². The molecule has 5 nitrogen and oxygen atoms in total. The fraction of sp³-hybridized carbons (Fsp3) is 0.375. The Morgan fingerprint density at radius 2 is 2.00 bits per heavy atom. The summed E-state index contributed by atoms with van der Waals surface area (Å²) in [6.45, 7) is 1.98. The van der Waals surface area contributed by atoms with E-state index in [4.69, 9.17) is 0 Å². The number of piperidine rings is 1. The van der Waals surface area contributed by atoms with Gasteiger partial charge in [-0.05, 0) is 50.2 Å². The SMILES string of the molecule is CN(C(=O)c1ccc(-n2ccnc2)cc1)C1CCNCC1. The number of nitrogens with one attached hydrogen (secondary N) is 1. The number of amides is 1. The van der Waals surface area contributed by atoms with Gasteiger partial charge < -0.3 is 14.8 Å². The number of imidazole rings is 1. The van der Waals surface area contributed by atoms with Crippen molar-refractivity contribution in [1.82, 2.24) is 19.8 Å². The number of benzene rings is 1. The maximum absolute atomic E-state index is 12.5. The van der Waals surface area contributed by atoms with Crippen LogP contribution in [0.25, 0.3) is 5.69 Å². The number of aromatic nitrogens is 2. The summed E-state index contributed by atoms with van der Waals surface area (Å²) in [5.41, 5.74) is 1.74. The molecule has 1 aliphatic heterocycles. The first-order chi connectivity index (χ1) is 10.3. The second kappa shape index (κ2) is 6.10. The number of hydrogen-bond acceptors (Lipinski definition) is 3. The average Bonchev–Trinajstić information content (AvgIpc) is 3.09. The van der Waals surface area contributed by atoms with E-state index in [2.05, 4.69) is 10.3 Å². The summed E-state index contributed by atoms with van der Waals surface area (Å²) in [6, 6.07) is 8.01. The zero-order chi connectivity index (χ0) is 14.7. The first kappa shape index (κ1) is 13.8. The van der Waals surface area contributed by atoms with Crippen LogP contribution in [0.15, 0.2) is 43.0 Å². The summed E-state index contributed by atoms with van der Waals surface area (Å²) < 4.78 is 1.92. The molecule has 0 unspecified atom stereocenters. The third-order valence-corrected chi connectivity index (χ3v) is 4.09. The second-order valence-corrected chi connectivity index (χ2v) is 5.41. The van der Waals surface area contributed by atoms with Gasteiger partial charge in [0.25, 0.3) is 5.91 Å². The molecule has 1 fully saturated rings. The van der Waals surface area contributed by atoms with Gasteiger partial charge in [-0.25, -0.2) is 4.98 Å². The van der Waals surface area contributed by atoms with Crippen LogP contribution in [-0.2, 0) is 0 Å². The van der Waals surface area contributed by atoms with Gasteiger partial charge in [0.15, 0.2) is 0 Å². The smallest absolute Gasteiger partial charge is 0.253 e. The van der Waals surface area contributed by atoms with Crippen molar-refractivity contribution >= 4 is 5.91 Å². The van der Waals surface area contributed by atoms with Crippen LogP contribution in [0.1, 0.15) is 23.2 Å². The summed E-state index contributed by atoms with van der Waals surface area (Å²) in [7, 11) is 1.90. The predicted molar refractivity (Wildman–Crippen MR) is 81.5 cm³/mol. The van der Waals surface area contributed by atoms with Gasteiger partial charge >= 0.3 is 0 Å². The van der Waals surface area contributed by atoms with Crippen molar-refractivity contribution in [3.8, 4) is 5.69 Å². The van der Waals surface area contributed by atoms with E-state index in [0.717, 1.165) is 37.2 Å². The molecule has 0 spiro atoms. The highest BCUT2D eigenvalue weighted by atomic mass is 16.2. The Bertz CT molecular complexity index is 585. The molecular weight excluding hydrogens is 264 g/mol. The summed E-state index contributed by atoms with van der Waals surface area (Å²) in [6.07, 6.45) is 7.42.